The van der Waals surface area contributed by atoms with Crippen molar-refractivity contribution < 1.29 is 4.79 Å². The van der Waals surface area contributed by atoms with Crippen molar-refractivity contribution in [3.63, 3.8) is 0 Å². The van der Waals surface area contributed by atoms with Gasteiger partial charge in [-0.1, -0.05) is 77.5 Å². The fourth-order valence-corrected chi connectivity index (χ4v) is 3.95. The number of hydrogen-bond acceptors (Lipinski definition) is 4. The minimum atomic E-state index is -0.388. The smallest absolute Gasteiger partial charge is 0.192 e. The van der Waals surface area contributed by atoms with Gasteiger partial charge >= 0.3 is 0 Å². The summed E-state index contributed by atoms with van der Waals surface area (Å²) in [7, 11) is 0. The van der Waals surface area contributed by atoms with Gasteiger partial charge in [-0.3, -0.25) is 4.79 Å². The van der Waals surface area contributed by atoms with Gasteiger partial charge in [0.15, 0.2) is 10.9 Å². The van der Waals surface area contributed by atoms with E-state index in [4.69, 9.17) is 0 Å². The van der Waals surface area contributed by atoms with Gasteiger partial charge in [-0.2, -0.15) is 0 Å². The predicted molar refractivity (Wildman–Crippen MR) is 110 cm³/mol. The number of benzene rings is 2. The highest BCUT2D eigenvalue weighted by Gasteiger charge is 2.26. The molecule has 1 heterocycles. The van der Waals surface area contributed by atoms with Crippen molar-refractivity contribution in [2.45, 2.75) is 37.7 Å². The summed E-state index contributed by atoms with van der Waals surface area (Å²) in [5, 5.41) is 8.79. The predicted octanol–water partition coefficient (Wildman–Crippen LogP) is 5.11. The number of aryl methyl sites for hydroxylation is 3. The topological polar surface area (TPSA) is 47.8 Å². The van der Waals surface area contributed by atoms with E-state index in [1.807, 2.05) is 79.9 Å². The number of ketones is 1. The number of nitrogens with zero attached hydrogens (tertiary/aromatic N) is 3. The first-order chi connectivity index (χ1) is 13.0. The Hall–Kier alpha value is -2.66. The van der Waals surface area contributed by atoms with E-state index in [1.54, 1.807) is 0 Å². The largest absolute Gasteiger partial charge is 0.302 e. The van der Waals surface area contributed by atoms with Gasteiger partial charge in [0.05, 0.1) is 0 Å². The van der Waals surface area contributed by atoms with Crippen molar-refractivity contribution in [2.24, 2.45) is 0 Å². The number of thioether (sulfide) groups is 1. The monoisotopic (exact) mass is 377 g/mol. The second kappa shape index (κ2) is 8.35. The summed E-state index contributed by atoms with van der Waals surface area (Å²) < 4.78 is 1.97. The van der Waals surface area contributed by atoms with Crippen LogP contribution in [0.4, 0.5) is 0 Å². The van der Waals surface area contributed by atoms with Gasteiger partial charge in [-0.15, -0.1) is 16.8 Å². The second-order valence-corrected chi connectivity index (χ2v) is 7.64. The molecule has 0 radical (unpaired) electrons. The summed E-state index contributed by atoms with van der Waals surface area (Å²) in [6, 6.07) is 15.8. The number of allylic oxidation sites excluding steroid dienone is 1. The lowest BCUT2D eigenvalue weighted by Gasteiger charge is -2.17. The molecule has 0 aliphatic heterocycles. The van der Waals surface area contributed by atoms with Gasteiger partial charge in [-0.05, 0) is 26.3 Å². The maximum Gasteiger partial charge on any atom is 0.192 e. The van der Waals surface area contributed by atoms with Crippen LogP contribution < -0.4 is 0 Å². The Kier molecular flexibility index (Phi) is 5.91. The SMILES string of the molecule is C=CCn1c(C)nnc1S[C@@H](C(=O)c1ccc(C)cc1)c1ccc(C)cc1. The summed E-state index contributed by atoms with van der Waals surface area (Å²) in [5.74, 6) is 0.873. The zero-order chi connectivity index (χ0) is 19.4. The standard InChI is InChI=1S/C22H23N3OS/c1-5-14-25-17(4)23-24-22(25)27-21(19-12-8-16(3)9-13-19)20(26)18-10-6-15(2)7-11-18/h5-13,21H,1,14H2,2-4H3/t21-/m1/s1. The van der Waals surface area contributed by atoms with Gasteiger partial charge in [0.25, 0.3) is 0 Å². The molecule has 1 atom stereocenters. The maximum atomic E-state index is 13.3. The first-order valence-electron chi connectivity index (χ1n) is 8.84. The summed E-state index contributed by atoms with van der Waals surface area (Å²) in [6.45, 7) is 10.4. The van der Waals surface area contributed by atoms with E-state index in [9.17, 15) is 4.79 Å². The molecule has 27 heavy (non-hydrogen) atoms. The molecular formula is C22H23N3OS. The minimum Gasteiger partial charge on any atom is -0.302 e. The van der Waals surface area contributed by atoms with Crippen LogP contribution in [0.3, 0.4) is 0 Å². The van der Waals surface area contributed by atoms with E-state index in [2.05, 4.69) is 16.8 Å². The fraction of sp³-hybridized carbons (Fsp3) is 0.227. The van der Waals surface area contributed by atoms with Crippen molar-refractivity contribution in [1.82, 2.24) is 14.8 Å². The van der Waals surface area contributed by atoms with Crippen LogP contribution >= 0.6 is 11.8 Å². The lowest BCUT2D eigenvalue weighted by Crippen LogP contribution is -2.12. The van der Waals surface area contributed by atoms with Crippen LogP contribution in [-0.4, -0.2) is 20.5 Å². The molecule has 1 aromatic heterocycles. The summed E-state index contributed by atoms with van der Waals surface area (Å²) in [4.78, 5) is 13.3. The van der Waals surface area contributed by atoms with E-state index in [0.717, 1.165) is 27.7 Å². The number of carbonyl (C=O) groups is 1. The lowest BCUT2D eigenvalue weighted by molar-refractivity contribution is 0.0989. The van der Waals surface area contributed by atoms with Crippen LogP contribution in [0.1, 0.15) is 38.1 Å². The molecule has 4 nitrogen and oxygen atoms in total. The average Bonchev–Trinajstić information content (AvgIpc) is 3.01. The summed E-state index contributed by atoms with van der Waals surface area (Å²) >= 11 is 1.43. The molecule has 0 aliphatic carbocycles. The molecule has 0 unspecified atom stereocenters. The maximum absolute atomic E-state index is 13.3. The lowest BCUT2D eigenvalue weighted by atomic mass is 10.0. The van der Waals surface area contributed by atoms with Crippen LogP contribution in [0.5, 0.6) is 0 Å². The van der Waals surface area contributed by atoms with Gasteiger partial charge in [0.2, 0.25) is 0 Å². The second-order valence-electron chi connectivity index (χ2n) is 6.57. The Bertz CT molecular complexity index is 943. The van der Waals surface area contributed by atoms with Crippen molar-refractivity contribution >= 4 is 17.5 Å². The highest BCUT2D eigenvalue weighted by atomic mass is 32.2. The van der Waals surface area contributed by atoms with E-state index in [1.165, 1.54) is 11.8 Å². The van der Waals surface area contributed by atoms with Crippen molar-refractivity contribution in [3.05, 3.63) is 89.3 Å². The molecule has 0 N–H and O–H groups in total. The Balaban J connectivity index is 2.00. The van der Waals surface area contributed by atoms with Crippen LogP contribution in [0.25, 0.3) is 0 Å². The van der Waals surface area contributed by atoms with Crippen LogP contribution in [0, 0.1) is 20.8 Å². The third-order valence-corrected chi connectivity index (χ3v) is 5.63. The molecule has 0 spiro atoms. The first-order valence-corrected chi connectivity index (χ1v) is 9.72. The summed E-state index contributed by atoms with van der Waals surface area (Å²) in [6.07, 6.45) is 1.81. The molecule has 0 aliphatic rings. The third kappa shape index (κ3) is 4.37. The number of hydrogen-bond donors (Lipinski definition) is 0. The van der Waals surface area contributed by atoms with E-state index in [-0.39, 0.29) is 11.0 Å². The molecule has 0 amide bonds. The summed E-state index contributed by atoms with van der Waals surface area (Å²) in [5.41, 5.74) is 3.95. The van der Waals surface area contributed by atoms with Crippen molar-refractivity contribution in [1.29, 1.82) is 0 Å². The quantitative estimate of drug-likeness (QED) is 0.326. The molecule has 0 bridgehead atoms. The number of Topliss-reactive ketones (excluding diaryl/α,β-unsaturated/α-hetero) is 1. The van der Waals surface area contributed by atoms with Crippen LogP contribution in [0.2, 0.25) is 0 Å². The van der Waals surface area contributed by atoms with Gasteiger partial charge in [-0.25, -0.2) is 0 Å². The molecule has 5 heteroatoms. The highest BCUT2D eigenvalue weighted by molar-refractivity contribution is 8.00. The Morgan fingerprint density at radius 2 is 1.63 bits per heavy atom. The van der Waals surface area contributed by atoms with Crippen LogP contribution in [0.15, 0.2) is 66.3 Å². The number of rotatable bonds is 7. The third-order valence-electron chi connectivity index (χ3n) is 4.39. The molecule has 2 aromatic carbocycles. The highest BCUT2D eigenvalue weighted by Crippen LogP contribution is 2.37. The molecule has 0 fully saturated rings. The Morgan fingerprint density at radius 3 is 2.22 bits per heavy atom. The van der Waals surface area contributed by atoms with Crippen LogP contribution in [-0.2, 0) is 6.54 Å². The first kappa shape index (κ1) is 19.1. The minimum absolute atomic E-state index is 0.0645. The van der Waals surface area contributed by atoms with E-state index in [0.29, 0.717) is 12.1 Å². The number of carbonyl (C=O) groups excluding carboxylic acids is 1. The fourth-order valence-electron chi connectivity index (χ4n) is 2.78. The molecule has 3 aromatic rings. The van der Waals surface area contributed by atoms with Gasteiger partial charge in [0, 0.05) is 12.1 Å². The van der Waals surface area contributed by atoms with E-state index < -0.39 is 0 Å². The zero-order valence-corrected chi connectivity index (χ0v) is 16.7. The normalized spacial score (nSPS) is 12.0. The molecular weight excluding hydrogens is 354 g/mol. The molecule has 138 valence electrons. The van der Waals surface area contributed by atoms with E-state index >= 15 is 0 Å². The van der Waals surface area contributed by atoms with Crippen molar-refractivity contribution in [3.8, 4) is 0 Å². The Morgan fingerprint density at radius 1 is 1.04 bits per heavy atom. The number of aromatic nitrogens is 3. The average molecular weight is 378 g/mol. The Labute approximate surface area is 164 Å². The molecule has 0 saturated carbocycles. The van der Waals surface area contributed by atoms with Gasteiger partial charge in [0.1, 0.15) is 11.1 Å². The van der Waals surface area contributed by atoms with Gasteiger partial charge < -0.3 is 4.57 Å². The molecule has 0 saturated heterocycles. The molecule has 3 rings (SSSR count). The van der Waals surface area contributed by atoms with Crippen molar-refractivity contribution in [2.75, 3.05) is 0 Å². The zero-order valence-electron chi connectivity index (χ0n) is 15.8.